The van der Waals surface area contributed by atoms with E-state index in [2.05, 4.69) is 10.2 Å². The van der Waals surface area contributed by atoms with Crippen molar-refractivity contribution in [1.82, 2.24) is 9.80 Å². The van der Waals surface area contributed by atoms with Crippen molar-refractivity contribution in [3.8, 4) is 0 Å². The largest absolute Gasteiger partial charge is 0.340 e. The molecular formula is C21H22FN3O2S. The van der Waals surface area contributed by atoms with Crippen LogP contribution in [0.1, 0.15) is 12.0 Å². The quantitative estimate of drug-likeness (QED) is 0.859. The molecule has 0 radical (unpaired) electrons. The van der Waals surface area contributed by atoms with Gasteiger partial charge in [0.1, 0.15) is 5.82 Å². The molecule has 1 fully saturated rings. The number of para-hydroxylation sites is 1. The lowest BCUT2D eigenvalue weighted by molar-refractivity contribution is -0.134. The first kappa shape index (κ1) is 19.0. The molecule has 0 saturated carbocycles. The molecule has 2 heterocycles. The van der Waals surface area contributed by atoms with E-state index in [9.17, 15) is 14.0 Å². The van der Waals surface area contributed by atoms with Gasteiger partial charge in [-0.05, 0) is 18.2 Å². The minimum Gasteiger partial charge on any atom is -0.340 e. The van der Waals surface area contributed by atoms with Gasteiger partial charge in [0.05, 0.1) is 10.9 Å². The van der Waals surface area contributed by atoms with Gasteiger partial charge in [0.2, 0.25) is 11.8 Å². The van der Waals surface area contributed by atoms with Crippen molar-refractivity contribution in [2.75, 3.05) is 31.5 Å². The van der Waals surface area contributed by atoms with Gasteiger partial charge in [-0.1, -0.05) is 30.3 Å². The highest BCUT2D eigenvalue weighted by Gasteiger charge is 2.31. The standard InChI is InChI=1S/C21H22FN3O2S/c22-16-6-2-1-5-15(16)14-24-9-11-25(12-10-24)20(26)13-19-21(27)23-17-7-3-4-8-18(17)28-19/h1-8,19H,9-14H2,(H,23,27)/t19-/m0/s1. The normalized spacial score (nSPS) is 19.8. The molecule has 1 atom stereocenters. The smallest absolute Gasteiger partial charge is 0.238 e. The number of nitrogens with one attached hydrogen (secondary N) is 1. The molecule has 2 aliphatic rings. The van der Waals surface area contributed by atoms with Crippen molar-refractivity contribution < 1.29 is 14.0 Å². The van der Waals surface area contributed by atoms with Gasteiger partial charge in [0.25, 0.3) is 0 Å². The second kappa shape index (κ2) is 8.32. The van der Waals surface area contributed by atoms with E-state index in [1.807, 2.05) is 35.2 Å². The topological polar surface area (TPSA) is 52.7 Å². The van der Waals surface area contributed by atoms with Gasteiger partial charge in [0, 0.05) is 49.6 Å². The van der Waals surface area contributed by atoms with Crippen molar-refractivity contribution in [3.63, 3.8) is 0 Å². The van der Waals surface area contributed by atoms with Crippen LogP contribution in [-0.2, 0) is 16.1 Å². The van der Waals surface area contributed by atoms with E-state index in [0.717, 1.165) is 10.6 Å². The Morgan fingerprint density at radius 3 is 2.57 bits per heavy atom. The Morgan fingerprint density at radius 2 is 1.79 bits per heavy atom. The van der Waals surface area contributed by atoms with E-state index in [0.29, 0.717) is 38.3 Å². The number of carbonyl (C=O) groups is 2. The molecule has 2 amide bonds. The lowest BCUT2D eigenvalue weighted by Gasteiger charge is -2.35. The number of thioether (sulfide) groups is 1. The van der Waals surface area contributed by atoms with Gasteiger partial charge in [-0.3, -0.25) is 14.5 Å². The maximum Gasteiger partial charge on any atom is 0.238 e. The number of piperazine rings is 1. The highest BCUT2D eigenvalue weighted by atomic mass is 32.2. The van der Waals surface area contributed by atoms with Crippen LogP contribution >= 0.6 is 11.8 Å². The summed E-state index contributed by atoms with van der Waals surface area (Å²) < 4.78 is 13.8. The number of hydrogen-bond acceptors (Lipinski definition) is 4. The number of hydrogen-bond donors (Lipinski definition) is 1. The Kier molecular flexibility index (Phi) is 5.64. The Balaban J connectivity index is 1.30. The summed E-state index contributed by atoms with van der Waals surface area (Å²) >= 11 is 1.45. The predicted molar refractivity (Wildman–Crippen MR) is 108 cm³/mol. The second-order valence-electron chi connectivity index (χ2n) is 7.04. The maximum absolute atomic E-state index is 13.8. The van der Waals surface area contributed by atoms with Crippen molar-refractivity contribution in [1.29, 1.82) is 0 Å². The second-order valence-corrected chi connectivity index (χ2v) is 8.29. The highest BCUT2D eigenvalue weighted by Crippen LogP contribution is 2.36. The van der Waals surface area contributed by atoms with Crippen LogP contribution in [0.5, 0.6) is 0 Å². The molecule has 4 rings (SSSR count). The van der Waals surface area contributed by atoms with E-state index in [4.69, 9.17) is 0 Å². The van der Waals surface area contributed by atoms with E-state index in [-0.39, 0.29) is 24.1 Å². The summed E-state index contributed by atoms with van der Waals surface area (Å²) in [5.74, 6) is -0.311. The molecule has 28 heavy (non-hydrogen) atoms. The van der Waals surface area contributed by atoms with E-state index >= 15 is 0 Å². The zero-order chi connectivity index (χ0) is 19.5. The third-order valence-electron chi connectivity index (χ3n) is 5.14. The molecule has 7 heteroatoms. The molecule has 0 aliphatic carbocycles. The average Bonchev–Trinajstić information content (AvgIpc) is 2.71. The van der Waals surface area contributed by atoms with Crippen molar-refractivity contribution in [3.05, 3.63) is 59.9 Å². The number of benzene rings is 2. The fraction of sp³-hybridized carbons (Fsp3) is 0.333. The Labute approximate surface area is 167 Å². The molecule has 2 aromatic carbocycles. The minimum absolute atomic E-state index is 0.00225. The fourth-order valence-corrected chi connectivity index (χ4v) is 4.64. The summed E-state index contributed by atoms with van der Waals surface area (Å²) in [5, 5.41) is 2.48. The van der Waals surface area contributed by atoms with Crippen LogP contribution in [0.3, 0.4) is 0 Å². The molecule has 0 aromatic heterocycles. The van der Waals surface area contributed by atoms with Crippen LogP contribution in [-0.4, -0.2) is 53.0 Å². The summed E-state index contributed by atoms with van der Waals surface area (Å²) in [6, 6.07) is 14.4. The summed E-state index contributed by atoms with van der Waals surface area (Å²) in [6.45, 7) is 3.15. The van der Waals surface area contributed by atoms with Gasteiger partial charge in [-0.15, -0.1) is 11.8 Å². The first-order valence-electron chi connectivity index (χ1n) is 9.40. The van der Waals surface area contributed by atoms with Crippen LogP contribution in [0.2, 0.25) is 0 Å². The highest BCUT2D eigenvalue weighted by molar-refractivity contribution is 8.01. The molecule has 146 valence electrons. The first-order chi connectivity index (χ1) is 13.6. The lowest BCUT2D eigenvalue weighted by Crippen LogP contribution is -2.49. The molecule has 1 saturated heterocycles. The molecule has 1 N–H and O–H groups in total. The number of fused-ring (bicyclic) bond motifs is 1. The molecule has 0 bridgehead atoms. The maximum atomic E-state index is 13.8. The zero-order valence-corrected chi connectivity index (χ0v) is 16.3. The minimum atomic E-state index is -0.404. The molecule has 2 aliphatic heterocycles. The third-order valence-corrected chi connectivity index (χ3v) is 6.42. The molecular weight excluding hydrogens is 377 g/mol. The predicted octanol–water partition coefficient (Wildman–Crippen LogP) is 2.97. The zero-order valence-electron chi connectivity index (χ0n) is 15.4. The summed E-state index contributed by atoms with van der Waals surface area (Å²) in [6.07, 6.45) is 0.193. The van der Waals surface area contributed by atoms with E-state index in [1.54, 1.807) is 12.1 Å². The van der Waals surface area contributed by atoms with Crippen LogP contribution in [0.15, 0.2) is 53.4 Å². The first-order valence-corrected chi connectivity index (χ1v) is 10.3. The molecule has 2 aromatic rings. The number of amides is 2. The number of carbonyl (C=O) groups excluding carboxylic acids is 2. The third kappa shape index (κ3) is 4.20. The van der Waals surface area contributed by atoms with Crippen molar-refractivity contribution >= 4 is 29.3 Å². The van der Waals surface area contributed by atoms with Crippen LogP contribution in [0.4, 0.5) is 10.1 Å². The molecule has 0 unspecified atom stereocenters. The molecule has 0 spiro atoms. The number of rotatable bonds is 4. The summed E-state index contributed by atoms with van der Waals surface area (Å²) in [7, 11) is 0. The summed E-state index contributed by atoms with van der Waals surface area (Å²) in [5.41, 5.74) is 1.49. The van der Waals surface area contributed by atoms with Gasteiger partial charge in [0.15, 0.2) is 0 Å². The number of anilines is 1. The average molecular weight is 399 g/mol. The van der Waals surface area contributed by atoms with Gasteiger partial charge >= 0.3 is 0 Å². The lowest BCUT2D eigenvalue weighted by atomic mass is 10.1. The van der Waals surface area contributed by atoms with E-state index in [1.165, 1.54) is 17.8 Å². The SMILES string of the molecule is O=C1Nc2ccccc2S[C@H]1CC(=O)N1CCN(Cc2ccccc2F)CC1. The number of nitrogens with zero attached hydrogens (tertiary/aromatic N) is 2. The Hall–Kier alpha value is -2.38. The fourth-order valence-electron chi connectivity index (χ4n) is 3.54. The summed E-state index contributed by atoms with van der Waals surface area (Å²) in [4.78, 5) is 30.0. The Bertz CT molecular complexity index is 883. The molecule has 5 nitrogen and oxygen atoms in total. The van der Waals surface area contributed by atoms with Crippen LogP contribution in [0.25, 0.3) is 0 Å². The monoisotopic (exact) mass is 399 g/mol. The van der Waals surface area contributed by atoms with Crippen molar-refractivity contribution in [2.24, 2.45) is 0 Å². The van der Waals surface area contributed by atoms with Gasteiger partial charge in [-0.25, -0.2) is 4.39 Å². The Morgan fingerprint density at radius 1 is 1.07 bits per heavy atom. The van der Waals surface area contributed by atoms with Crippen LogP contribution in [0, 0.1) is 5.82 Å². The van der Waals surface area contributed by atoms with Crippen LogP contribution < -0.4 is 5.32 Å². The van der Waals surface area contributed by atoms with Crippen molar-refractivity contribution in [2.45, 2.75) is 23.1 Å². The van der Waals surface area contributed by atoms with Gasteiger partial charge < -0.3 is 10.2 Å². The van der Waals surface area contributed by atoms with Gasteiger partial charge in [-0.2, -0.15) is 0 Å². The van der Waals surface area contributed by atoms with E-state index < -0.39 is 5.25 Å². The number of halogens is 1.